The molecule has 0 aliphatic carbocycles. The van der Waals surface area contributed by atoms with Gasteiger partial charge in [-0.05, 0) is 43.3 Å². The molecule has 0 unspecified atom stereocenters. The summed E-state index contributed by atoms with van der Waals surface area (Å²) in [7, 11) is 0. The molecule has 0 atom stereocenters. The van der Waals surface area contributed by atoms with Crippen LogP contribution in [0.15, 0.2) is 59.0 Å². The third-order valence-corrected chi connectivity index (χ3v) is 4.19. The van der Waals surface area contributed by atoms with Crippen molar-refractivity contribution in [2.24, 2.45) is 0 Å². The Labute approximate surface area is 164 Å². The third kappa shape index (κ3) is 4.48. The number of nitrogens with one attached hydrogen (secondary N) is 1. The molecule has 0 bridgehead atoms. The zero-order valence-corrected chi connectivity index (χ0v) is 15.4. The van der Waals surface area contributed by atoms with Gasteiger partial charge in [0.15, 0.2) is 5.76 Å². The normalized spacial score (nSPS) is 10.6. The molecule has 0 spiro atoms. The fourth-order valence-electron chi connectivity index (χ4n) is 2.71. The molecule has 0 aliphatic heterocycles. The molecule has 2 amide bonds. The van der Waals surface area contributed by atoms with Gasteiger partial charge in [-0.2, -0.15) is 0 Å². The molecule has 1 heterocycles. The summed E-state index contributed by atoms with van der Waals surface area (Å²) in [6.07, 6.45) is 0. The highest BCUT2D eigenvalue weighted by molar-refractivity contribution is 5.98. The number of amides is 2. The Morgan fingerprint density at radius 1 is 0.931 bits per heavy atom. The van der Waals surface area contributed by atoms with Crippen LogP contribution in [0, 0.1) is 17.5 Å². The molecule has 8 heteroatoms. The molecule has 0 radical (unpaired) electrons. The lowest BCUT2D eigenvalue weighted by Gasteiger charge is -2.19. The Balaban J connectivity index is 1.72. The number of benzene rings is 2. The Kier molecular flexibility index (Phi) is 6.01. The van der Waals surface area contributed by atoms with Gasteiger partial charge in [0.05, 0.1) is 5.56 Å². The van der Waals surface area contributed by atoms with Gasteiger partial charge < -0.3 is 14.6 Å². The second-order valence-electron chi connectivity index (χ2n) is 6.11. The smallest absolute Gasteiger partial charge is 0.290 e. The minimum Gasteiger partial charge on any atom is -0.451 e. The zero-order valence-electron chi connectivity index (χ0n) is 15.4. The van der Waals surface area contributed by atoms with Gasteiger partial charge >= 0.3 is 0 Å². The minimum atomic E-state index is -0.923. The highest BCUT2D eigenvalue weighted by Crippen LogP contribution is 2.25. The summed E-state index contributed by atoms with van der Waals surface area (Å²) in [6.45, 7) is 1.33. The highest BCUT2D eigenvalue weighted by Gasteiger charge is 2.22. The fourth-order valence-corrected chi connectivity index (χ4v) is 2.71. The highest BCUT2D eigenvalue weighted by atomic mass is 19.1. The predicted molar refractivity (Wildman–Crippen MR) is 101 cm³/mol. The molecular formula is C21H17F3N2O3. The van der Waals surface area contributed by atoms with Crippen molar-refractivity contribution in [3.63, 3.8) is 0 Å². The van der Waals surface area contributed by atoms with Crippen molar-refractivity contribution >= 4 is 17.5 Å². The van der Waals surface area contributed by atoms with Crippen LogP contribution in [0.2, 0.25) is 0 Å². The van der Waals surface area contributed by atoms with E-state index < -0.39 is 41.5 Å². The lowest BCUT2D eigenvalue weighted by atomic mass is 10.1. The zero-order chi connectivity index (χ0) is 21.0. The molecule has 0 fully saturated rings. The van der Waals surface area contributed by atoms with E-state index in [9.17, 15) is 22.8 Å². The topological polar surface area (TPSA) is 62.6 Å². The lowest BCUT2D eigenvalue weighted by Crippen LogP contribution is -2.38. The molecule has 0 saturated carbocycles. The van der Waals surface area contributed by atoms with Crippen LogP contribution in [-0.4, -0.2) is 29.8 Å². The van der Waals surface area contributed by atoms with Gasteiger partial charge in [0.25, 0.3) is 5.91 Å². The monoisotopic (exact) mass is 402 g/mol. The molecule has 1 aromatic heterocycles. The second-order valence-corrected chi connectivity index (χ2v) is 6.11. The summed E-state index contributed by atoms with van der Waals surface area (Å²) in [6, 6.07) is 12.0. The van der Waals surface area contributed by atoms with Gasteiger partial charge in [-0.3, -0.25) is 9.59 Å². The SMILES string of the molecule is CCN(CC(=O)Nc1c(F)cccc1F)C(=O)c1ccc(-c2ccccc2F)o1. The molecule has 0 aliphatic rings. The largest absolute Gasteiger partial charge is 0.451 e. The van der Waals surface area contributed by atoms with E-state index in [4.69, 9.17) is 4.42 Å². The molecule has 29 heavy (non-hydrogen) atoms. The van der Waals surface area contributed by atoms with Crippen molar-refractivity contribution in [3.05, 3.63) is 77.8 Å². The van der Waals surface area contributed by atoms with E-state index in [0.717, 1.165) is 17.0 Å². The number of nitrogens with zero attached hydrogens (tertiary/aromatic N) is 1. The summed E-state index contributed by atoms with van der Waals surface area (Å²) in [5, 5.41) is 2.13. The standard InChI is InChI=1S/C21H17F3N2O3/c1-2-26(12-19(27)25-20-15(23)8-5-9-16(20)24)21(28)18-11-10-17(29-18)13-6-3-4-7-14(13)22/h3-11H,2,12H2,1H3,(H,25,27). The van der Waals surface area contributed by atoms with E-state index in [1.165, 1.54) is 36.4 Å². The number of likely N-dealkylation sites (N-methyl/N-ethyl adjacent to an activating group) is 1. The number of carbonyl (C=O) groups is 2. The summed E-state index contributed by atoms with van der Waals surface area (Å²) < 4.78 is 46.7. The van der Waals surface area contributed by atoms with Crippen molar-refractivity contribution in [2.75, 3.05) is 18.4 Å². The number of hydrogen-bond acceptors (Lipinski definition) is 3. The predicted octanol–water partition coefficient (Wildman–Crippen LogP) is 4.46. The van der Waals surface area contributed by atoms with Gasteiger partial charge in [-0.15, -0.1) is 0 Å². The molecule has 150 valence electrons. The summed E-state index contributed by atoms with van der Waals surface area (Å²) in [5.41, 5.74) is -0.386. The summed E-state index contributed by atoms with van der Waals surface area (Å²) >= 11 is 0. The number of anilines is 1. The molecule has 3 aromatic rings. The molecule has 3 rings (SSSR count). The summed E-state index contributed by atoms with van der Waals surface area (Å²) in [5.74, 6) is -3.65. The molecular weight excluding hydrogens is 385 g/mol. The van der Waals surface area contributed by atoms with E-state index in [1.54, 1.807) is 13.0 Å². The van der Waals surface area contributed by atoms with Crippen LogP contribution in [0.3, 0.4) is 0 Å². The van der Waals surface area contributed by atoms with E-state index in [-0.39, 0.29) is 23.6 Å². The maximum absolute atomic E-state index is 13.9. The summed E-state index contributed by atoms with van der Waals surface area (Å²) in [4.78, 5) is 25.9. The Hall–Kier alpha value is -3.55. The minimum absolute atomic E-state index is 0.0880. The number of halogens is 3. The lowest BCUT2D eigenvalue weighted by molar-refractivity contribution is -0.116. The van der Waals surface area contributed by atoms with Gasteiger partial charge in [0.1, 0.15) is 35.4 Å². The molecule has 2 aromatic carbocycles. The van der Waals surface area contributed by atoms with E-state index in [0.29, 0.717) is 0 Å². The number of para-hydroxylation sites is 1. The van der Waals surface area contributed by atoms with Crippen molar-refractivity contribution in [1.29, 1.82) is 0 Å². The first-order valence-electron chi connectivity index (χ1n) is 8.78. The number of carbonyl (C=O) groups excluding carboxylic acids is 2. The van der Waals surface area contributed by atoms with E-state index >= 15 is 0 Å². The van der Waals surface area contributed by atoms with Crippen LogP contribution in [0.5, 0.6) is 0 Å². The molecule has 5 nitrogen and oxygen atoms in total. The van der Waals surface area contributed by atoms with Crippen LogP contribution < -0.4 is 5.32 Å². The van der Waals surface area contributed by atoms with Gasteiger partial charge in [-0.25, -0.2) is 13.2 Å². The van der Waals surface area contributed by atoms with Gasteiger partial charge in [0.2, 0.25) is 5.91 Å². The third-order valence-electron chi connectivity index (χ3n) is 4.19. The van der Waals surface area contributed by atoms with E-state index in [2.05, 4.69) is 5.32 Å². The first-order valence-corrected chi connectivity index (χ1v) is 8.78. The van der Waals surface area contributed by atoms with Crippen LogP contribution in [0.4, 0.5) is 18.9 Å². The van der Waals surface area contributed by atoms with Crippen molar-refractivity contribution in [2.45, 2.75) is 6.92 Å². The first kappa shape index (κ1) is 20.2. The number of rotatable bonds is 6. The van der Waals surface area contributed by atoms with Gasteiger partial charge in [0, 0.05) is 6.54 Å². The fraction of sp³-hybridized carbons (Fsp3) is 0.143. The Bertz CT molecular complexity index is 1030. The van der Waals surface area contributed by atoms with Crippen LogP contribution >= 0.6 is 0 Å². The average molecular weight is 402 g/mol. The molecule has 0 saturated heterocycles. The Morgan fingerprint density at radius 3 is 2.24 bits per heavy atom. The second kappa shape index (κ2) is 8.64. The van der Waals surface area contributed by atoms with Crippen molar-refractivity contribution in [1.82, 2.24) is 4.90 Å². The average Bonchev–Trinajstić information content (AvgIpc) is 3.19. The quantitative estimate of drug-likeness (QED) is 0.662. The maximum Gasteiger partial charge on any atom is 0.290 e. The number of furan rings is 1. The maximum atomic E-state index is 13.9. The van der Waals surface area contributed by atoms with Crippen LogP contribution in [0.25, 0.3) is 11.3 Å². The van der Waals surface area contributed by atoms with Crippen molar-refractivity contribution in [3.8, 4) is 11.3 Å². The number of hydrogen-bond donors (Lipinski definition) is 1. The van der Waals surface area contributed by atoms with E-state index in [1.807, 2.05) is 0 Å². The molecule has 1 N–H and O–H groups in total. The van der Waals surface area contributed by atoms with Crippen LogP contribution in [0.1, 0.15) is 17.5 Å². The van der Waals surface area contributed by atoms with Crippen LogP contribution in [-0.2, 0) is 4.79 Å². The van der Waals surface area contributed by atoms with Gasteiger partial charge in [-0.1, -0.05) is 18.2 Å². The Morgan fingerprint density at radius 2 is 1.59 bits per heavy atom. The first-order chi connectivity index (χ1) is 13.9. The van der Waals surface area contributed by atoms with Crippen molar-refractivity contribution < 1.29 is 27.2 Å².